The highest BCUT2D eigenvalue weighted by molar-refractivity contribution is 5.99. The van der Waals surface area contributed by atoms with Gasteiger partial charge in [0, 0.05) is 62.4 Å². The Morgan fingerprint density at radius 1 is 1.12 bits per heavy atom. The average Bonchev–Trinajstić information content (AvgIpc) is 3.01. The Balaban J connectivity index is 1.31. The lowest BCUT2D eigenvalue weighted by atomic mass is 10.0. The van der Waals surface area contributed by atoms with E-state index in [2.05, 4.69) is 66.5 Å². The summed E-state index contributed by atoms with van der Waals surface area (Å²) in [5, 5.41) is 13.5. The molecule has 1 aromatic carbocycles. The van der Waals surface area contributed by atoms with Gasteiger partial charge in [0.2, 0.25) is 5.95 Å². The molecule has 0 atom stereocenters. The van der Waals surface area contributed by atoms with Crippen LogP contribution in [0.1, 0.15) is 48.7 Å². The fraction of sp³-hybridized carbons (Fsp3) is 0.452. The number of aromatic nitrogens is 4. The third kappa shape index (κ3) is 7.38. The van der Waals surface area contributed by atoms with Crippen LogP contribution in [0.15, 0.2) is 54.0 Å². The highest BCUT2D eigenvalue weighted by Gasteiger charge is 2.26. The van der Waals surface area contributed by atoms with Gasteiger partial charge in [-0.15, -0.1) is 6.58 Å². The van der Waals surface area contributed by atoms with E-state index in [-0.39, 0.29) is 28.9 Å². The number of piperidine rings is 1. The van der Waals surface area contributed by atoms with Crippen molar-refractivity contribution < 1.29 is 9.53 Å². The van der Waals surface area contributed by atoms with Crippen LogP contribution in [0.25, 0.3) is 0 Å². The molecule has 0 saturated carbocycles. The number of carbonyl (C=O) groups excluding carboxylic acids is 1. The van der Waals surface area contributed by atoms with E-state index in [1.165, 1.54) is 22.6 Å². The zero-order valence-electron chi connectivity index (χ0n) is 25.2. The Hall–Kier alpha value is -4.29. The van der Waals surface area contributed by atoms with E-state index in [1.807, 2.05) is 19.9 Å². The van der Waals surface area contributed by atoms with E-state index in [0.717, 1.165) is 63.5 Å². The SMILES string of the molecule is C=CCNC(=O)c1cnc(Nc2ccc(N3CCC(N4CCOCC4)CC3)c(C)c2)nc1Nc1ccc(=O)n(C(C)C)n1. The summed E-state index contributed by atoms with van der Waals surface area (Å²) in [5.41, 5.74) is 3.26. The molecular weight excluding hydrogens is 546 g/mol. The first-order chi connectivity index (χ1) is 20.8. The normalized spacial score (nSPS) is 16.2. The van der Waals surface area contributed by atoms with Gasteiger partial charge in [-0.05, 0) is 63.4 Å². The Morgan fingerprint density at radius 2 is 1.88 bits per heavy atom. The topological polar surface area (TPSA) is 130 Å². The van der Waals surface area contributed by atoms with Crippen molar-refractivity contribution in [1.82, 2.24) is 30.0 Å². The van der Waals surface area contributed by atoms with Crippen molar-refractivity contribution in [3.05, 3.63) is 70.7 Å². The van der Waals surface area contributed by atoms with Gasteiger partial charge in [0.15, 0.2) is 5.82 Å². The first kappa shape index (κ1) is 30.2. The van der Waals surface area contributed by atoms with E-state index in [4.69, 9.17) is 4.74 Å². The molecule has 0 aliphatic carbocycles. The molecule has 3 N–H and O–H groups in total. The number of nitrogens with one attached hydrogen (secondary N) is 3. The number of hydrogen-bond donors (Lipinski definition) is 3. The van der Waals surface area contributed by atoms with Crippen molar-refractivity contribution in [3.8, 4) is 0 Å². The lowest BCUT2D eigenvalue weighted by Gasteiger charge is -2.41. The van der Waals surface area contributed by atoms with Crippen LogP contribution in [-0.4, -0.2) is 82.5 Å². The second-order valence-electron chi connectivity index (χ2n) is 11.2. The van der Waals surface area contributed by atoms with E-state index in [1.54, 1.807) is 12.1 Å². The predicted octanol–water partition coefficient (Wildman–Crippen LogP) is 3.63. The molecule has 0 bridgehead atoms. The molecule has 43 heavy (non-hydrogen) atoms. The third-order valence-corrected chi connectivity index (χ3v) is 7.82. The Morgan fingerprint density at radius 3 is 2.58 bits per heavy atom. The molecule has 0 unspecified atom stereocenters. The molecule has 5 rings (SSSR count). The first-order valence-electron chi connectivity index (χ1n) is 14.9. The van der Waals surface area contributed by atoms with Crippen LogP contribution in [0.5, 0.6) is 0 Å². The number of amides is 1. The van der Waals surface area contributed by atoms with Crippen LogP contribution in [0.3, 0.4) is 0 Å². The summed E-state index contributed by atoms with van der Waals surface area (Å²) in [6.45, 7) is 15.6. The number of benzene rings is 1. The van der Waals surface area contributed by atoms with Gasteiger partial charge in [-0.1, -0.05) is 6.08 Å². The molecule has 4 heterocycles. The van der Waals surface area contributed by atoms with Crippen molar-refractivity contribution in [2.75, 3.05) is 61.5 Å². The van der Waals surface area contributed by atoms with Crippen molar-refractivity contribution in [2.45, 2.75) is 45.7 Å². The standard InChI is InChI=1S/C31H41N9O3/c1-5-12-32-30(42)25-20-33-31(36-29(25)35-27-8-9-28(41)40(37-27)21(2)3)34-23-6-7-26(22(4)19-23)39-13-10-24(11-14-39)38-15-17-43-18-16-38/h5-9,19-21,24H,1,10-18H2,2-4H3,(H,32,42)(H2,33,34,35,36,37). The molecule has 2 aliphatic heterocycles. The molecule has 0 radical (unpaired) electrons. The maximum Gasteiger partial charge on any atom is 0.267 e. The number of hydrogen-bond acceptors (Lipinski definition) is 10. The Labute approximate surface area is 252 Å². The maximum atomic E-state index is 12.9. The van der Waals surface area contributed by atoms with Gasteiger partial charge < -0.3 is 25.6 Å². The summed E-state index contributed by atoms with van der Waals surface area (Å²) in [7, 11) is 0. The molecular formula is C31H41N9O3. The van der Waals surface area contributed by atoms with Crippen LogP contribution in [0, 0.1) is 6.92 Å². The van der Waals surface area contributed by atoms with Gasteiger partial charge in [-0.3, -0.25) is 14.5 Å². The molecule has 12 heteroatoms. The minimum absolute atomic E-state index is 0.130. The van der Waals surface area contributed by atoms with E-state index in [9.17, 15) is 9.59 Å². The molecule has 228 valence electrons. The van der Waals surface area contributed by atoms with Crippen molar-refractivity contribution in [2.24, 2.45) is 0 Å². The largest absolute Gasteiger partial charge is 0.379 e. The van der Waals surface area contributed by atoms with Gasteiger partial charge in [-0.2, -0.15) is 10.1 Å². The first-order valence-corrected chi connectivity index (χ1v) is 14.9. The van der Waals surface area contributed by atoms with Crippen LogP contribution in [-0.2, 0) is 4.74 Å². The fourth-order valence-electron chi connectivity index (χ4n) is 5.58. The second-order valence-corrected chi connectivity index (χ2v) is 11.2. The van der Waals surface area contributed by atoms with Gasteiger partial charge in [0.05, 0.1) is 19.3 Å². The molecule has 12 nitrogen and oxygen atoms in total. The molecule has 2 saturated heterocycles. The summed E-state index contributed by atoms with van der Waals surface area (Å²) in [5.74, 6) is 0.604. The van der Waals surface area contributed by atoms with Crippen molar-refractivity contribution in [1.29, 1.82) is 0 Å². The van der Waals surface area contributed by atoms with Crippen molar-refractivity contribution >= 4 is 34.9 Å². The van der Waals surface area contributed by atoms with Crippen LogP contribution >= 0.6 is 0 Å². The highest BCUT2D eigenvalue weighted by atomic mass is 16.5. The van der Waals surface area contributed by atoms with E-state index < -0.39 is 0 Å². The van der Waals surface area contributed by atoms with Crippen molar-refractivity contribution in [3.63, 3.8) is 0 Å². The Kier molecular flexibility index (Phi) is 9.68. The average molecular weight is 588 g/mol. The summed E-state index contributed by atoms with van der Waals surface area (Å²) in [6.07, 6.45) is 5.37. The molecule has 1 amide bonds. The van der Waals surface area contributed by atoms with E-state index in [0.29, 0.717) is 24.4 Å². The zero-order chi connectivity index (χ0) is 30.3. The van der Waals surface area contributed by atoms with Crippen LogP contribution < -0.4 is 26.4 Å². The molecule has 0 spiro atoms. The lowest BCUT2D eigenvalue weighted by Crippen LogP contribution is -2.49. The van der Waals surface area contributed by atoms with Gasteiger partial charge >= 0.3 is 0 Å². The highest BCUT2D eigenvalue weighted by Crippen LogP contribution is 2.29. The van der Waals surface area contributed by atoms with Crippen LogP contribution in [0.2, 0.25) is 0 Å². The second kappa shape index (κ2) is 13.8. The molecule has 3 aromatic rings. The number of carbonyl (C=O) groups is 1. The maximum absolute atomic E-state index is 12.9. The number of morpholine rings is 1. The minimum atomic E-state index is -0.358. The zero-order valence-corrected chi connectivity index (χ0v) is 25.2. The summed E-state index contributed by atoms with van der Waals surface area (Å²) in [6, 6.07) is 9.75. The summed E-state index contributed by atoms with van der Waals surface area (Å²) >= 11 is 0. The number of ether oxygens (including phenoxy) is 1. The summed E-state index contributed by atoms with van der Waals surface area (Å²) in [4.78, 5) is 39.1. The van der Waals surface area contributed by atoms with Crippen LogP contribution in [0.4, 0.5) is 29.0 Å². The smallest absolute Gasteiger partial charge is 0.267 e. The van der Waals surface area contributed by atoms with Gasteiger partial charge in [0.1, 0.15) is 11.4 Å². The minimum Gasteiger partial charge on any atom is -0.379 e. The van der Waals surface area contributed by atoms with Gasteiger partial charge in [-0.25, -0.2) is 9.67 Å². The monoisotopic (exact) mass is 587 g/mol. The fourth-order valence-corrected chi connectivity index (χ4v) is 5.58. The number of anilines is 5. The number of aryl methyl sites for hydroxylation is 1. The quantitative estimate of drug-likeness (QED) is 0.303. The summed E-state index contributed by atoms with van der Waals surface area (Å²) < 4.78 is 6.90. The lowest BCUT2D eigenvalue weighted by molar-refractivity contribution is 0.0115. The predicted molar refractivity (Wildman–Crippen MR) is 169 cm³/mol. The number of nitrogens with zero attached hydrogens (tertiary/aromatic N) is 6. The molecule has 2 aromatic heterocycles. The third-order valence-electron chi connectivity index (χ3n) is 7.82. The molecule has 2 fully saturated rings. The molecule has 2 aliphatic rings. The van der Waals surface area contributed by atoms with Gasteiger partial charge in [0.25, 0.3) is 11.5 Å². The number of rotatable bonds is 10. The van der Waals surface area contributed by atoms with E-state index >= 15 is 0 Å². The Bertz CT molecular complexity index is 1490.